The average Bonchev–Trinajstić information content (AvgIpc) is 2.40. The summed E-state index contributed by atoms with van der Waals surface area (Å²) in [6.45, 7) is 3.04. The SMILES string of the molecule is Cc1ccccc1OCCCNC(=O)CSCC(=O)O. The Bertz CT molecular complexity index is 451. The third-order valence-electron chi connectivity index (χ3n) is 2.45. The first-order valence-corrected chi connectivity index (χ1v) is 7.49. The number of hydrogen-bond acceptors (Lipinski definition) is 4. The van der Waals surface area contributed by atoms with Crippen LogP contribution in [-0.4, -0.2) is 41.6 Å². The zero-order chi connectivity index (χ0) is 14.8. The zero-order valence-corrected chi connectivity index (χ0v) is 12.2. The number of amides is 1. The number of carboxylic acid groups (broad SMARTS) is 1. The van der Waals surface area contributed by atoms with Crippen molar-refractivity contribution in [3.8, 4) is 5.75 Å². The molecule has 0 bridgehead atoms. The van der Waals surface area contributed by atoms with Crippen LogP contribution in [0.5, 0.6) is 5.75 Å². The van der Waals surface area contributed by atoms with Gasteiger partial charge >= 0.3 is 5.97 Å². The Hall–Kier alpha value is -1.69. The van der Waals surface area contributed by atoms with Crippen molar-refractivity contribution in [2.75, 3.05) is 24.7 Å². The molecule has 0 aliphatic carbocycles. The second kappa shape index (κ2) is 9.25. The highest BCUT2D eigenvalue weighted by atomic mass is 32.2. The van der Waals surface area contributed by atoms with Crippen molar-refractivity contribution < 1.29 is 19.4 Å². The van der Waals surface area contributed by atoms with Gasteiger partial charge in [-0.25, -0.2) is 0 Å². The number of aliphatic carboxylic acids is 1. The van der Waals surface area contributed by atoms with Crippen molar-refractivity contribution in [2.45, 2.75) is 13.3 Å². The zero-order valence-electron chi connectivity index (χ0n) is 11.4. The van der Waals surface area contributed by atoms with Crippen molar-refractivity contribution in [1.29, 1.82) is 0 Å². The van der Waals surface area contributed by atoms with Crippen LogP contribution in [-0.2, 0) is 9.59 Å². The van der Waals surface area contributed by atoms with Crippen molar-refractivity contribution in [1.82, 2.24) is 5.32 Å². The van der Waals surface area contributed by atoms with Crippen LogP contribution in [0.2, 0.25) is 0 Å². The van der Waals surface area contributed by atoms with E-state index in [2.05, 4.69) is 5.32 Å². The second-order valence-electron chi connectivity index (χ2n) is 4.20. The summed E-state index contributed by atoms with van der Waals surface area (Å²) in [5.41, 5.74) is 1.08. The van der Waals surface area contributed by atoms with Gasteiger partial charge in [0, 0.05) is 6.54 Å². The van der Waals surface area contributed by atoms with E-state index in [1.165, 1.54) is 0 Å². The molecule has 0 aromatic heterocycles. The van der Waals surface area contributed by atoms with Crippen LogP contribution in [0.1, 0.15) is 12.0 Å². The van der Waals surface area contributed by atoms with Crippen LogP contribution in [0.25, 0.3) is 0 Å². The molecule has 1 amide bonds. The highest BCUT2D eigenvalue weighted by Gasteiger charge is 2.03. The molecule has 0 saturated heterocycles. The molecule has 2 N–H and O–H groups in total. The van der Waals surface area contributed by atoms with Crippen molar-refractivity contribution in [2.24, 2.45) is 0 Å². The highest BCUT2D eigenvalue weighted by molar-refractivity contribution is 8.00. The molecule has 1 aromatic carbocycles. The smallest absolute Gasteiger partial charge is 0.313 e. The van der Waals surface area contributed by atoms with E-state index in [1.807, 2.05) is 31.2 Å². The molecule has 0 heterocycles. The number of carbonyl (C=O) groups is 2. The summed E-state index contributed by atoms with van der Waals surface area (Å²) in [5, 5.41) is 11.2. The minimum absolute atomic E-state index is 0.0518. The Kier molecular flexibility index (Phi) is 7.57. The van der Waals surface area contributed by atoms with Gasteiger partial charge in [-0.2, -0.15) is 0 Å². The maximum atomic E-state index is 11.3. The van der Waals surface area contributed by atoms with Gasteiger partial charge in [0.15, 0.2) is 0 Å². The molecule has 1 aromatic rings. The lowest BCUT2D eigenvalue weighted by atomic mass is 10.2. The van der Waals surface area contributed by atoms with Crippen molar-refractivity contribution in [3.05, 3.63) is 29.8 Å². The van der Waals surface area contributed by atoms with E-state index >= 15 is 0 Å². The van der Waals surface area contributed by atoms with Gasteiger partial charge in [0.1, 0.15) is 5.75 Å². The number of carboxylic acids is 1. The third kappa shape index (κ3) is 7.04. The second-order valence-corrected chi connectivity index (χ2v) is 5.19. The first kappa shape index (κ1) is 16.4. The standard InChI is InChI=1S/C14H19NO4S/c1-11-5-2-3-6-12(11)19-8-4-7-15-13(16)9-20-10-14(17)18/h2-3,5-6H,4,7-10H2,1H3,(H,15,16)(H,17,18). The first-order valence-electron chi connectivity index (χ1n) is 6.34. The normalized spacial score (nSPS) is 10.1. The Morgan fingerprint density at radius 2 is 2.05 bits per heavy atom. The van der Waals surface area contributed by atoms with E-state index in [0.717, 1.165) is 23.1 Å². The molecule has 5 nitrogen and oxygen atoms in total. The van der Waals surface area contributed by atoms with Crippen LogP contribution in [0, 0.1) is 6.92 Å². The monoisotopic (exact) mass is 297 g/mol. The predicted molar refractivity (Wildman–Crippen MR) is 79.3 cm³/mol. The summed E-state index contributed by atoms with van der Waals surface area (Å²) < 4.78 is 5.60. The lowest BCUT2D eigenvalue weighted by Crippen LogP contribution is -2.27. The van der Waals surface area contributed by atoms with Gasteiger partial charge in [0.05, 0.1) is 18.1 Å². The van der Waals surface area contributed by atoms with Gasteiger partial charge in [-0.1, -0.05) is 18.2 Å². The van der Waals surface area contributed by atoms with E-state index in [0.29, 0.717) is 19.6 Å². The lowest BCUT2D eigenvalue weighted by Gasteiger charge is -2.09. The van der Waals surface area contributed by atoms with E-state index < -0.39 is 5.97 Å². The van der Waals surface area contributed by atoms with Crippen LogP contribution >= 0.6 is 11.8 Å². The number of rotatable bonds is 9. The van der Waals surface area contributed by atoms with Gasteiger partial charge in [-0.15, -0.1) is 11.8 Å². The van der Waals surface area contributed by atoms with Crippen molar-refractivity contribution >= 4 is 23.6 Å². The van der Waals surface area contributed by atoms with Crippen molar-refractivity contribution in [3.63, 3.8) is 0 Å². The molecule has 0 radical (unpaired) electrons. The minimum atomic E-state index is -0.908. The van der Waals surface area contributed by atoms with E-state index in [1.54, 1.807) is 0 Å². The highest BCUT2D eigenvalue weighted by Crippen LogP contribution is 2.15. The minimum Gasteiger partial charge on any atom is -0.493 e. The van der Waals surface area contributed by atoms with Crippen LogP contribution in [0.4, 0.5) is 0 Å². The number of benzene rings is 1. The topological polar surface area (TPSA) is 75.6 Å². The number of carbonyl (C=O) groups excluding carboxylic acids is 1. The molecular weight excluding hydrogens is 278 g/mol. The summed E-state index contributed by atoms with van der Waals surface area (Å²) in [7, 11) is 0. The number of thioether (sulfide) groups is 1. The molecule has 0 aliphatic rings. The summed E-state index contributed by atoms with van der Waals surface area (Å²) >= 11 is 1.09. The Labute approximate surface area is 122 Å². The summed E-state index contributed by atoms with van der Waals surface area (Å²) in [5.74, 6) is -0.0770. The number of aryl methyl sites for hydroxylation is 1. The number of para-hydroxylation sites is 1. The number of ether oxygens (including phenoxy) is 1. The molecule has 1 rings (SSSR count). The van der Waals surface area contributed by atoms with Gasteiger partial charge in [0.25, 0.3) is 0 Å². The molecule has 0 unspecified atom stereocenters. The Morgan fingerprint density at radius 3 is 2.75 bits per heavy atom. The summed E-state index contributed by atoms with van der Waals surface area (Å²) in [6, 6.07) is 7.77. The summed E-state index contributed by atoms with van der Waals surface area (Å²) in [4.78, 5) is 21.6. The van der Waals surface area contributed by atoms with Gasteiger partial charge in [0.2, 0.25) is 5.91 Å². The quantitative estimate of drug-likeness (QED) is 0.679. The fourth-order valence-electron chi connectivity index (χ4n) is 1.48. The van der Waals surface area contributed by atoms with E-state index in [4.69, 9.17) is 9.84 Å². The molecule has 0 saturated carbocycles. The fourth-order valence-corrected chi connectivity index (χ4v) is 2.05. The average molecular weight is 297 g/mol. The molecule has 0 aliphatic heterocycles. The molecule has 0 fully saturated rings. The molecular formula is C14H19NO4S. The maximum Gasteiger partial charge on any atom is 0.313 e. The Morgan fingerprint density at radius 1 is 1.30 bits per heavy atom. The van der Waals surface area contributed by atoms with Gasteiger partial charge in [-0.3, -0.25) is 9.59 Å². The van der Waals surface area contributed by atoms with E-state index in [9.17, 15) is 9.59 Å². The van der Waals surface area contributed by atoms with Crippen LogP contribution < -0.4 is 10.1 Å². The van der Waals surface area contributed by atoms with Gasteiger partial charge < -0.3 is 15.2 Å². The Balaban J connectivity index is 2.06. The van der Waals surface area contributed by atoms with Gasteiger partial charge in [-0.05, 0) is 25.0 Å². The van der Waals surface area contributed by atoms with Crippen LogP contribution in [0.3, 0.4) is 0 Å². The molecule has 6 heteroatoms. The molecule has 110 valence electrons. The molecule has 0 atom stereocenters. The largest absolute Gasteiger partial charge is 0.493 e. The summed E-state index contributed by atoms with van der Waals surface area (Å²) in [6.07, 6.45) is 0.712. The predicted octanol–water partition coefficient (Wildman–Crippen LogP) is 1.70. The third-order valence-corrected chi connectivity index (χ3v) is 3.37. The van der Waals surface area contributed by atoms with Crippen LogP contribution in [0.15, 0.2) is 24.3 Å². The maximum absolute atomic E-state index is 11.3. The molecule has 0 spiro atoms. The fraction of sp³-hybridized carbons (Fsp3) is 0.429. The lowest BCUT2D eigenvalue weighted by molar-refractivity contribution is -0.133. The number of hydrogen-bond donors (Lipinski definition) is 2. The molecule has 20 heavy (non-hydrogen) atoms. The van der Waals surface area contributed by atoms with E-state index in [-0.39, 0.29) is 17.4 Å². The number of nitrogens with one attached hydrogen (secondary N) is 1. The first-order chi connectivity index (χ1) is 9.59.